The average Bonchev–Trinajstić information content (AvgIpc) is 2.96. The highest BCUT2D eigenvalue weighted by Gasteiger charge is 2.19. The van der Waals surface area contributed by atoms with Crippen LogP contribution in [0.3, 0.4) is 0 Å². The number of rotatable bonds is 11. The van der Waals surface area contributed by atoms with Gasteiger partial charge in [0.1, 0.15) is 0 Å². The summed E-state index contributed by atoms with van der Waals surface area (Å²) in [6.07, 6.45) is 5.79. The Morgan fingerprint density at radius 3 is 2.50 bits per heavy atom. The molecule has 1 aromatic heterocycles. The quantitative estimate of drug-likeness (QED) is 0.548. The van der Waals surface area contributed by atoms with Gasteiger partial charge in [-0.25, -0.2) is 4.68 Å². The number of aromatic nitrogens is 2. The first-order chi connectivity index (χ1) is 13.5. The first-order valence-electron chi connectivity index (χ1n) is 10.6. The summed E-state index contributed by atoms with van der Waals surface area (Å²) in [5.74, 6) is 0.0401. The largest absolute Gasteiger partial charge is 0.322 e. The molecular weight excluding hydrogens is 348 g/mol. The lowest BCUT2D eigenvalue weighted by Crippen LogP contribution is -2.40. The molecule has 154 valence electrons. The molecule has 1 atom stereocenters. The number of aryl methyl sites for hydroxylation is 1. The molecule has 0 bridgehead atoms. The number of unbranched alkanes of at least 4 members (excludes halogenated alkanes) is 2. The lowest BCUT2D eigenvalue weighted by atomic mass is 10.1. The molecule has 2 aromatic rings. The van der Waals surface area contributed by atoms with Gasteiger partial charge in [-0.15, -0.1) is 0 Å². The van der Waals surface area contributed by atoms with Crippen LogP contribution in [-0.2, 0) is 4.79 Å². The van der Waals surface area contributed by atoms with Crippen LogP contribution in [0.1, 0.15) is 64.3 Å². The number of amides is 1. The molecule has 1 heterocycles. The highest BCUT2D eigenvalue weighted by atomic mass is 16.2. The average molecular weight is 385 g/mol. The molecule has 2 rings (SSSR count). The van der Waals surface area contributed by atoms with E-state index in [0.29, 0.717) is 12.6 Å². The van der Waals surface area contributed by atoms with Crippen molar-refractivity contribution < 1.29 is 4.79 Å². The molecule has 0 aliphatic heterocycles. The normalized spacial score (nSPS) is 12.4. The molecule has 28 heavy (non-hydrogen) atoms. The minimum Gasteiger partial charge on any atom is -0.322 e. The molecule has 0 spiro atoms. The van der Waals surface area contributed by atoms with Crippen molar-refractivity contribution in [1.29, 1.82) is 0 Å². The maximum absolute atomic E-state index is 12.8. The molecule has 5 heteroatoms. The third kappa shape index (κ3) is 5.93. The maximum atomic E-state index is 12.8. The highest BCUT2D eigenvalue weighted by molar-refractivity contribution is 5.93. The lowest BCUT2D eigenvalue weighted by molar-refractivity contribution is -0.117. The van der Waals surface area contributed by atoms with Crippen molar-refractivity contribution in [2.24, 2.45) is 0 Å². The van der Waals surface area contributed by atoms with Gasteiger partial charge < -0.3 is 5.32 Å². The summed E-state index contributed by atoms with van der Waals surface area (Å²) >= 11 is 0. The van der Waals surface area contributed by atoms with E-state index in [9.17, 15) is 4.79 Å². The molecule has 0 saturated carbocycles. The van der Waals surface area contributed by atoms with E-state index in [1.807, 2.05) is 48.9 Å². The molecule has 1 amide bonds. The zero-order chi connectivity index (χ0) is 20.5. The Morgan fingerprint density at radius 2 is 1.86 bits per heavy atom. The van der Waals surface area contributed by atoms with E-state index in [0.717, 1.165) is 48.6 Å². The number of nitrogens with one attached hydrogen (secondary N) is 1. The molecule has 0 fully saturated rings. The van der Waals surface area contributed by atoms with Gasteiger partial charge >= 0.3 is 0 Å². The predicted octanol–water partition coefficient (Wildman–Crippen LogP) is 5.11. The minimum atomic E-state index is 0.0401. The minimum absolute atomic E-state index is 0.0401. The first-order valence-corrected chi connectivity index (χ1v) is 10.6. The number of hydrogen-bond acceptors (Lipinski definition) is 3. The molecular formula is C23H36N4O. The van der Waals surface area contributed by atoms with Crippen LogP contribution in [0.5, 0.6) is 0 Å². The molecule has 1 N–H and O–H groups in total. The Morgan fingerprint density at radius 1 is 1.14 bits per heavy atom. The molecule has 1 aromatic carbocycles. The van der Waals surface area contributed by atoms with Crippen LogP contribution in [0.25, 0.3) is 5.69 Å². The SMILES string of the molecule is CCCCCN(CC(=O)Nc1c(C)nn(-c2ccccc2)c1C)C(C)CCC. The number of hydrogen-bond donors (Lipinski definition) is 1. The second kappa shape index (κ2) is 11.0. The third-order valence-corrected chi connectivity index (χ3v) is 5.28. The van der Waals surface area contributed by atoms with Crippen molar-refractivity contribution >= 4 is 11.6 Å². The fourth-order valence-corrected chi connectivity index (χ4v) is 3.63. The van der Waals surface area contributed by atoms with E-state index in [-0.39, 0.29) is 5.91 Å². The van der Waals surface area contributed by atoms with E-state index >= 15 is 0 Å². The summed E-state index contributed by atoms with van der Waals surface area (Å²) in [6, 6.07) is 10.4. The number of nitrogens with zero attached hydrogens (tertiary/aromatic N) is 3. The van der Waals surface area contributed by atoms with Gasteiger partial charge in [-0.2, -0.15) is 5.10 Å². The monoisotopic (exact) mass is 384 g/mol. The van der Waals surface area contributed by atoms with Gasteiger partial charge in [0, 0.05) is 6.04 Å². The van der Waals surface area contributed by atoms with Gasteiger partial charge in [0.15, 0.2) is 0 Å². The van der Waals surface area contributed by atoms with Gasteiger partial charge in [-0.05, 0) is 52.3 Å². The van der Waals surface area contributed by atoms with Crippen LogP contribution in [0, 0.1) is 13.8 Å². The molecule has 0 aliphatic rings. The molecule has 1 unspecified atom stereocenters. The zero-order valence-electron chi connectivity index (χ0n) is 18.2. The fourth-order valence-electron chi connectivity index (χ4n) is 3.63. The summed E-state index contributed by atoms with van der Waals surface area (Å²) < 4.78 is 1.89. The number of benzene rings is 1. The summed E-state index contributed by atoms with van der Waals surface area (Å²) in [5.41, 5.74) is 3.62. The Balaban J connectivity index is 2.09. The van der Waals surface area contributed by atoms with Crippen molar-refractivity contribution in [2.45, 2.75) is 72.8 Å². The van der Waals surface area contributed by atoms with Crippen molar-refractivity contribution in [3.05, 3.63) is 41.7 Å². The second-order valence-corrected chi connectivity index (χ2v) is 7.66. The molecule has 0 aliphatic carbocycles. The number of anilines is 1. The van der Waals surface area contributed by atoms with Crippen LogP contribution in [0.4, 0.5) is 5.69 Å². The Bertz CT molecular complexity index is 739. The Labute approximate surface area is 170 Å². The predicted molar refractivity (Wildman–Crippen MR) is 117 cm³/mol. The van der Waals surface area contributed by atoms with E-state index in [4.69, 9.17) is 0 Å². The topological polar surface area (TPSA) is 50.2 Å². The van der Waals surface area contributed by atoms with Crippen LogP contribution in [0.15, 0.2) is 30.3 Å². The third-order valence-electron chi connectivity index (χ3n) is 5.28. The number of carbonyl (C=O) groups is 1. The van der Waals surface area contributed by atoms with Crippen LogP contribution in [-0.4, -0.2) is 39.7 Å². The van der Waals surface area contributed by atoms with Crippen molar-refractivity contribution in [2.75, 3.05) is 18.4 Å². The van der Waals surface area contributed by atoms with Gasteiger partial charge in [0.05, 0.1) is 29.3 Å². The number of para-hydroxylation sites is 1. The summed E-state index contributed by atoms with van der Waals surface area (Å²) in [7, 11) is 0. The van der Waals surface area contributed by atoms with Gasteiger partial charge in [0.25, 0.3) is 0 Å². The standard InChI is InChI=1S/C23H36N4O/c1-6-8-12-16-26(18(3)13-7-2)17-22(28)24-23-19(4)25-27(20(23)5)21-14-10-9-11-15-21/h9-11,14-15,18H,6-8,12-13,16-17H2,1-5H3,(H,24,28). The van der Waals surface area contributed by atoms with Gasteiger partial charge in [-0.1, -0.05) is 51.3 Å². The van der Waals surface area contributed by atoms with E-state index in [1.165, 1.54) is 12.8 Å². The van der Waals surface area contributed by atoms with Crippen molar-refractivity contribution in [3.8, 4) is 5.69 Å². The molecule has 0 radical (unpaired) electrons. The van der Waals surface area contributed by atoms with E-state index in [2.05, 4.69) is 36.1 Å². The lowest BCUT2D eigenvalue weighted by Gasteiger charge is -2.28. The van der Waals surface area contributed by atoms with Crippen LogP contribution in [0.2, 0.25) is 0 Å². The summed E-state index contributed by atoms with van der Waals surface area (Å²) in [6.45, 7) is 12.0. The number of carbonyl (C=O) groups excluding carboxylic acids is 1. The van der Waals surface area contributed by atoms with Gasteiger partial charge in [-0.3, -0.25) is 9.69 Å². The van der Waals surface area contributed by atoms with E-state index in [1.54, 1.807) is 0 Å². The van der Waals surface area contributed by atoms with Crippen molar-refractivity contribution in [1.82, 2.24) is 14.7 Å². The van der Waals surface area contributed by atoms with Crippen LogP contribution >= 0.6 is 0 Å². The molecule has 0 saturated heterocycles. The van der Waals surface area contributed by atoms with Crippen molar-refractivity contribution in [3.63, 3.8) is 0 Å². The zero-order valence-corrected chi connectivity index (χ0v) is 18.2. The molecule has 5 nitrogen and oxygen atoms in total. The summed E-state index contributed by atoms with van der Waals surface area (Å²) in [4.78, 5) is 15.1. The first kappa shape index (κ1) is 22.2. The smallest absolute Gasteiger partial charge is 0.238 e. The highest BCUT2D eigenvalue weighted by Crippen LogP contribution is 2.23. The maximum Gasteiger partial charge on any atom is 0.238 e. The second-order valence-electron chi connectivity index (χ2n) is 7.66. The Kier molecular flexibility index (Phi) is 8.71. The fraction of sp³-hybridized carbons (Fsp3) is 0.565. The Hall–Kier alpha value is -2.14. The summed E-state index contributed by atoms with van der Waals surface area (Å²) in [5, 5.41) is 7.75. The van der Waals surface area contributed by atoms with Crippen LogP contribution < -0.4 is 5.32 Å². The van der Waals surface area contributed by atoms with Gasteiger partial charge in [0.2, 0.25) is 5.91 Å². The van der Waals surface area contributed by atoms with E-state index < -0.39 is 0 Å².